The van der Waals surface area contributed by atoms with Crippen molar-refractivity contribution in [3.63, 3.8) is 0 Å². The summed E-state index contributed by atoms with van der Waals surface area (Å²) < 4.78 is 0. The molecule has 0 aliphatic carbocycles. The van der Waals surface area contributed by atoms with E-state index < -0.39 is 17.4 Å². The molecule has 0 atom stereocenters. The molecule has 0 unspecified atom stereocenters. The fourth-order valence-corrected chi connectivity index (χ4v) is 2.59. The average molecular weight is 290 g/mol. The van der Waals surface area contributed by atoms with E-state index >= 15 is 0 Å². The van der Waals surface area contributed by atoms with Crippen LogP contribution >= 0.6 is 0 Å². The molecule has 1 aromatic rings. The smallest absolute Gasteiger partial charge is 0.309 e. The molecule has 0 aromatic heterocycles. The Morgan fingerprint density at radius 1 is 0.952 bits per heavy atom. The van der Waals surface area contributed by atoms with Crippen molar-refractivity contribution in [1.82, 2.24) is 10.6 Å². The van der Waals surface area contributed by atoms with Crippen LogP contribution < -0.4 is 10.6 Å². The van der Waals surface area contributed by atoms with Crippen molar-refractivity contribution in [3.05, 3.63) is 35.9 Å². The van der Waals surface area contributed by atoms with E-state index in [1.807, 2.05) is 44.2 Å². The second-order valence-electron chi connectivity index (χ2n) is 7.24. The number of amides is 2. The van der Waals surface area contributed by atoms with E-state index in [0.717, 1.165) is 12.0 Å². The van der Waals surface area contributed by atoms with Crippen molar-refractivity contribution in [2.24, 2.45) is 5.41 Å². The van der Waals surface area contributed by atoms with E-state index in [-0.39, 0.29) is 5.41 Å². The molecule has 0 spiro atoms. The van der Waals surface area contributed by atoms with Gasteiger partial charge in [-0.05, 0) is 31.2 Å². The maximum absolute atomic E-state index is 11.9. The van der Waals surface area contributed by atoms with Gasteiger partial charge < -0.3 is 10.6 Å². The summed E-state index contributed by atoms with van der Waals surface area (Å²) in [4.78, 5) is 23.8. The highest BCUT2D eigenvalue weighted by Gasteiger charge is 2.29. The van der Waals surface area contributed by atoms with Gasteiger partial charge in [-0.2, -0.15) is 0 Å². The molecule has 0 saturated carbocycles. The fourth-order valence-electron chi connectivity index (χ4n) is 2.59. The van der Waals surface area contributed by atoms with E-state index in [2.05, 4.69) is 31.4 Å². The molecule has 0 saturated heterocycles. The van der Waals surface area contributed by atoms with Crippen molar-refractivity contribution in [2.45, 2.75) is 53.1 Å². The fraction of sp³-hybridized carbons (Fsp3) is 0.529. The largest absolute Gasteiger partial charge is 0.344 e. The summed E-state index contributed by atoms with van der Waals surface area (Å²) in [7, 11) is 0. The summed E-state index contributed by atoms with van der Waals surface area (Å²) in [5, 5.41) is 5.43. The molecular weight excluding hydrogens is 264 g/mol. The van der Waals surface area contributed by atoms with Crippen LogP contribution in [0.5, 0.6) is 0 Å². The molecule has 21 heavy (non-hydrogen) atoms. The van der Waals surface area contributed by atoms with Crippen LogP contribution in [0, 0.1) is 5.41 Å². The quantitative estimate of drug-likeness (QED) is 0.838. The van der Waals surface area contributed by atoms with E-state index in [1.54, 1.807) is 0 Å². The van der Waals surface area contributed by atoms with Crippen LogP contribution in [0.1, 0.15) is 46.6 Å². The number of nitrogens with one attached hydrogen (secondary N) is 2. The summed E-state index contributed by atoms with van der Waals surface area (Å²) in [6, 6.07) is 9.51. The van der Waals surface area contributed by atoms with Gasteiger partial charge in [0.05, 0.1) is 0 Å². The van der Waals surface area contributed by atoms with E-state index in [9.17, 15) is 9.59 Å². The second-order valence-corrected chi connectivity index (χ2v) is 7.24. The van der Waals surface area contributed by atoms with Crippen molar-refractivity contribution in [1.29, 1.82) is 0 Å². The molecule has 2 N–H and O–H groups in total. The third-order valence-electron chi connectivity index (χ3n) is 2.93. The van der Waals surface area contributed by atoms with Crippen molar-refractivity contribution < 1.29 is 9.59 Å². The topological polar surface area (TPSA) is 58.2 Å². The molecule has 1 aromatic carbocycles. The van der Waals surface area contributed by atoms with E-state index in [4.69, 9.17) is 0 Å². The molecule has 1 rings (SSSR count). The van der Waals surface area contributed by atoms with Crippen molar-refractivity contribution in [2.75, 3.05) is 0 Å². The highest BCUT2D eigenvalue weighted by molar-refractivity contribution is 6.35. The minimum absolute atomic E-state index is 0.0806. The highest BCUT2D eigenvalue weighted by atomic mass is 16.2. The number of carbonyl (C=O) groups is 2. The van der Waals surface area contributed by atoms with Crippen molar-refractivity contribution >= 4 is 11.8 Å². The van der Waals surface area contributed by atoms with Gasteiger partial charge in [0.2, 0.25) is 0 Å². The normalized spacial score (nSPS) is 11.9. The average Bonchev–Trinajstić information content (AvgIpc) is 2.33. The Bertz CT molecular complexity index is 487. The Morgan fingerprint density at radius 3 is 2.05 bits per heavy atom. The van der Waals surface area contributed by atoms with Gasteiger partial charge in [-0.25, -0.2) is 0 Å². The number of benzene rings is 1. The molecular formula is C17H26N2O2. The van der Waals surface area contributed by atoms with Crippen molar-refractivity contribution in [3.8, 4) is 0 Å². The van der Waals surface area contributed by atoms with Crippen LogP contribution in [0.3, 0.4) is 0 Å². The molecule has 4 heteroatoms. The molecule has 0 heterocycles. The van der Waals surface area contributed by atoms with Gasteiger partial charge in [0, 0.05) is 12.1 Å². The van der Waals surface area contributed by atoms with Gasteiger partial charge >= 0.3 is 11.8 Å². The Morgan fingerprint density at radius 2 is 1.52 bits per heavy atom. The molecule has 0 fully saturated rings. The zero-order valence-electron chi connectivity index (χ0n) is 13.6. The minimum Gasteiger partial charge on any atom is -0.344 e. The first-order valence-corrected chi connectivity index (χ1v) is 7.23. The molecule has 0 aliphatic heterocycles. The van der Waals surface area contributed by atoms with E-state index in [0.29, 0.717) is 6.54 Å². The van der Waals surface area contributed by atoms with Crippen LogP contribution in [-0.4, -0.2) is 17.4 Å². The summed E-state index contributed by atoms with van der Waals surface area (Å²) in [5.74, 6) is -1.18. The summed E-state index contributed by atoms with van der Waals surface area (Å²) >= 11 is 0. The lowest BCUT2D eigenvalue weighted by atomic mass is 9.82. The maximum atomic E-state index is 11.9. The van der Waals surface area contributed by atoms with Gasteiger partial charge in [0.25, 0.3) is 0 Å². The zero-order valence-corrected chi connectivity index (χ0v) is 13.6. The third-order valence-corrected chi connectivity index (χ3v) is 2.93. The number of hydrogen-bond acceptors (Lipinski definition) is 2. The Labute approximate surface area is 127 Å². The molecule has 4 nitrogen and oxygen atoms in total. The Hall–Kier alpha value is -1.84. The molecule has 2 amide bonds. The lowest BCUT2D eigenvalue weighted by Gasteiger charge is -2.33. The molecule has 0 radical (unpaired) electrons. The highest BCUT2D eigenvalue weighted by Crippen LogP contribution is 2.26. The number of carbonyl (C=O) groups excluding carboxylic acids is 2. The lowest BCUT2D eigenvalue weighted by Crippen LogP contribution is -2.51. The predicted molar refractivity (Wildman–Crippen MR) is 84.6 cm³/mol. The lowest BCUT2D eigenvalue weighted by molar-refractivity contribution is -0.140. The van der Waals surface area contributed by atoms with Gasteiger partial charge in [0.15, 0.2) is 0 Å². The van der Waals surface area contributed by atoms with Gasteiger partial charge in [-0.15, -0.1) is 0 Å². The monoisotopic (exact) mass is 290 g/mol. The van der Waals surface area contributed by atoms with Gasteiger partial charge in [-0.3, -0.25) is 9.59 Å². The standard InChI is InChI=1S/C17H26N2O2/c1-16(2,3)12-17(4,5)19-15(21)14(20)18-11-13-9-7-6-8-10-13/h6-10H,11-12H2,1-5H3,(H,18,20)(H,19,21). The molecule has 116 valence electrons. The molecule has 0 bridgehead atoms. The zero-order chi connectivity index (χ0) is 16.1. The van der Waals surface area contributed by atoms with E-state index in [1.165, 1.54) is 0 Å². The van der Waals surface area contributed by atoms with Gasteiger partial charge in [0.1, 0.15) is 0 Å². The summed E-state index contributed by atoms with van der Waals surface area (Å²) in [6.45, 7) is 10.5. The first-order valence-electron chi connectivity index (χ1n) is 7.23. The second kappa shape index (κ2) is 6.74. The SMILES string of the molecule is CC(C)(C)CC(C)(C)NC(=O)C(=O)NCc1ccccc1. The first kappa shape index (κ1) is 17.2. The van der Waals surface area contributed by atoms with Crippen LogP contribution in [0.15, 0.2) is 30.3 Å². The summed E-state index contributed by atoms with van der Waals surface area (Å²) in [5.41, 5.74) is 0.629. The Balaban J connectivity index is 2.49. The minimum atomic E-state index is -0.596. The maximum Gasteiger partial charge on any atom is 0.309 e. The van der Waals surface area contributed by atoms with Crippen LogP contribution in [0.4, 0.5) is 0 Å². The van der Waals surface area contributed by atoms with Gasteiger partial charge in [-0.1, -0.05) is 51.1 Å². The predicted octanol–water partition coefficient (Wildman–Crippen LogP) is 2.63. The number of rotatable bonds is 4. The summed E-state index contributed by atoms with van der Waals surface area (Å²) in [6.07, 6.45) is 0.789. The third kappa shape index (κ3) is 6.93. The van der Waals surface area contributed by atoms with Crippen LogP contribution in [-0.2, 0) is 16.1 Å². The van der Waals surface area contributed by atoms with Crippen LogP contribution in [0.25, 0.3) is 0 Å². The molecule has 0 aliphatic rings. The number of hydrogen-bond donors (Lipinski definition) is 2. The Kier molecular flexibility index (Phi) is 5.53. The first-order chi connectivity index (χ1) is 9.59. The van der Waals surface area contributed by atoms with Crippen LogP contribution in [0.2, 0.25) is 0 Å².